The number of thioether (sulfide) groups is 1. The molecule has 0 aliphatic heterocycles. The molecular weight excluding hydrogens is 192 g/mol. The molecule has 1 N–H and O–H groups in total. The summed E-state index contributed by atoms with van der Waals surface area (Å²) in [5.41, 5.74) is 0.112. The average Bonchev–Trinajstić information content (AvgIpc) is 2.47. The van der Waals surface area contributed by atoms with E-state index in [0.717, 1.165) is 11.8 Å². The number of aromatic nitrogens is 2. The molecule has 0 atom stereocenters. The smallest absolute Gasteiger partial charge is 0.331 e. The van der Waals surface area contributed by atoms with E-state index >= 15 is 0 Å². The first-order chi connectivity index (χ1) is 6.09. The van der Waals surface area contributed by atoms with Gasteiger partial charge in [0.15, 0.2) is 0 Å². The third-order valence-corrected chi connectivity index (χ3v) is 2.08. The van der Waals surface area contributed by atoms with E-state index in [0.29, 0.717) is 11.1 Å². The van der Waals surface area contributed by atoms with E-state index in [4.69, 9.17) is 9.52 Å². The number of aliphatic carboxylic acids is 1. The minimum Gasteiger partial charge on any atom is -0.478 e. The lowest BCUT2D eigenvalue weighted by Crippen LogP contribution is -2.00. The maximum atomic E-state index is 10.3. The van der Waals surface area contributed by atoms with Gasteiger partial charge in [-0.1, -0.05) is 18.3 Å². The Morgan fingerprint density at radius 2 is 2.38 bits per heavy atom. The van der Waals surface area contributed by atoms with Gasteiger partial charge in [0.25, 0.3) is 5.22 Å². The van der Waals surface area contributed by atoms with Crippen molar-refractivity contribution in [2.24, 2.45) is 0 Å². The molecule has 1 aromatic rings. The van der Waals surface area contributed by atoms with Crippen molar-refractivity contribution in [3.8, 4) is 0 Å². The summed E-state index contributed by atoms with van der Waals surface area (Å²) in [5.74, 6) is -0.302. The minimum absolute atomic E-state index is 0.112. The molecule has 5 nitrogen and oxygen atoms in total. The van der Waals surface area contributed by atoms with Crippen molar-refractivity contribution in [3.05, 3.63) is 18.0 Å². The molecule has 6 heteroatoms. The Labute approximate surface area is 78.8 Å². The van der Waals surface area contributed by atoms with Crippen LogP contribution in [0.3, 0.4) is 0 Å². The molecule has 0 saturated carbocycles. The summed E-state index contributed by atoms with van der Waals surface area (Å²) in [7, 11) is 0. The van der Waals surface area contributed by atoms with Gasteiger partial charge in [0, 0.05) is 18.2 Å². The Morgan fingerprint density at radius 1 is 1.69 bits per heavy atom. The second kappa shape index (κ2) is 4.08. The highest BCUT2D eigenvalue weighted by molar-refractivity contribution is 7.99. The molecule has 1 aromatic heterocycles. The second-order valence-corrected chi connectivity index (χ2v) is 3.21. The second-order valence-electron chi connectivity index (χ2n) is 2.28. The number of rotatable bonds is 4. The predicted molar refractivity (Wildman–Crippen MR) is 46.5 cm³/mol. The van der Waals surface area contributed by atoms with Gasteiger partial charge in [-0.15, -0.1) is 10.2 Å². The lowest BCUT2D eigenvalue weighted by atomic mass is 10.4. The van der Waals surface area contributed by atoms with E-state index in [-0.39, 0.29) is 11.3 Å². The van der Waals surface area contributed by atoms with Crippen molar-refractivity contribution in [1.29, 1.82) is 0 Å². The van der Waals surface area contributed by atoms with Crippen LogP contribution in [0.1, 0.15) is 5.89 Å². The van der Waals surface area contributed by atoms with Crippen LogP contribution in [0.5, 0.6) is 0 Å². The molecule has 13 heavy (non-hydrogen) atoms. The molecule has 0 saturated heterocycles. The van der Waals surface area contributed by atoms with Crippen LogP contribution in [0.15, 0.2) is 21.8 Å². The molecule has 0 aliphatic carbocycles. The van der Waals surface area contributed by atoms with Crippen LogP contribution < -0.4 is 0 Å². The Bertz CT molecular complexity index is 334. The fourth-order valence-electron chi connectivity index (χ4n) is 0.547. The minimum atomic E-state index is -1.01. The predicted octanol–water partition coefficient (Wildman–Crippen LogP) is 1.11. The number of carbonyl (C=O) groups is 1. The van der Waals surface area contributed by atoms with Gasteiger partial charge in [0.2, 0.25) is 5.89 Å². The summed E-state index contributed by atoms with van der Waals surface area (Å²) in [6.07, 6.45) is 0. The van der Waals surface area contributed by atoms with Crippen molar-refractivity contribution in [2.45, 2.75) is 12.1 Å². The average molecular weight is 200 g/mol. The van der Waals surface area contributed by atoms with Gasteiger partial charge in [-0.3, -0.25) is 0 Å². The molecule has 0 bridgehead atoms. The first-order valence-electron chi connectivity index (χ1n) is 3.43. The molecule has 0 unspecified atom stereocenters. The summed E-state index contributed by atoms with van der Waals surface area (Å²) in [5, 5.41) is 16.1. The first-order valence-corrected chi connectivity index (χ1v) is 4.42. The van der Waals surface area contributed by atoms with Gasteiger partial charge < -0.3 is 9.52 Å². The zero-order chi connectivity index (χ0) is 9.84. The number of carboxylic acid groups (broad SMARTS) is 1. The Hall–Kier alpha value is -1.30. The Morgan fingerprint density at radius 3 is 2.85 bits per heavy atom. The number of carboxylic acids is 1. The Balaban J connectivity index is 2.44. The molecule has 0 fully saturated rings. The van der Waals surface area contributed by atoms with Crippen molar-refractivity contribution in [2.75, 3.05) is 5.75 Å². The van der Waals surface area contributed by atoms with Gasteiger partial charge in [-0.05, 0) is 0 Å². The first kappa shape index (κ1) is 9.79. The molecule has 0 aliphatic rings. The van der Waals surface area contributed by atoms with Crippen LogP contribution in [0.4, 0.5) is 0 Å². The molecule has 70 valence electrons. The normalized spacial score (nSPS) is 9.92. The van der Waals surface area contributed by atoms with Crippen molar-refractivity contribution >= 4 is 17.7 Å². The summed E-state index contributed by atoms with van der Waals surface area (Å²) in [4.78, 5) is 10.3. The van der Waals surface area contributed by atoms with Crippen LogP contribution in [0.2, 0.25) is 0 Å². The third-order valence-electron chi connectivity index (χ3n) is 1.18. The lowest BCUT2D eigenvalue weighted by Gasteiger charge is -1.94. The fourth-order valence-corrected chi connectivity index (χ4v) is 1.25. The van der Waals surface area contributed by atoms with Gasteiger partial charge in [-0.2, -0.15) is 0 Å². The van der Waals surface area contributed by atoms with E-state index in [1.807, 2.05) is 0 Å². The van der Waals surface area contributed by atoms with Crippen LogP contribution in [0, 0.1) is 6.92 Å². The molecular formula is C7H8N2O3S. The van der Waals surface area contributed by atoms with Crippen LogP contribution in [0.25, 0.3) is 0 Å². The van der Waals surface area contributed by atoms with Gasteiger partial charge in [0.05, 0.1) is 0 Å². The third kappa shape index (κ3) is 2.90. The Kier molecular flexibility index (Phi) is 3.07. The van der Waals surface area contributed by atoms with E-state index in [1.165, 1.54) is 0 Å². The van der Waals surface area contributed by atoms with Crippen LogP contribution in [-0.4, -0.2) is 27.0 Å². The van der Waals surface area contributed by atoms with Crippen molar-refractivity contribution < 1.29 is 14.3 Å². The largest absolute Gasteiger partial charge is 0.478 e. The summed E-state index contributed by atoms with van der Waals surface area (Å²) >= 11 is 1.16. The van der Waals surface area contributed by atoms with Gasteiger partial charge in [-0.25, -0.2) is 4.79 Å². The number of hydrogen-bond acceptors (Lipinski definition) is 5. The zero-order valence-corrected chi connectivity index (χ0v) is 7.80. The number of nitrogens with zero attached hydrogens (tertiary/aromatic N) is 2. The molecule has 1 heterocycles. The molecule has 1 rings (SSSR count). The highest BCUT2D eigenvalue weighted by Gasteiger charge is 2.08. The van der Waals surface area contributed by atoms with Crippen LogP contribution >= 0.6 is 11.8 Å². The summed E-state index contributed by atoms with van der Waals surface area (Å²) in [6, 6.07) is 0. The summed E-state index contributed by atoms with van der Waals surface area (Å²) in [6.45, 7) is 5.04. The molecule has 0 radical (unpaired) electrons. The van der Waals surface area contributed by atoms with Gasteiger partial charge >= 0.3 is 5.97 Å². The van der Waals surface area contributed by atoms with E-state index in [2.05, 4.69) is 16.8 Å². The highest BCUT2D eigenvalue weighted by Crippen LogP contribution is 2.17. The maximum Gasteiger partial charge on any atom is 0.331 e. The van der Waals surface area contributed by atoms with E-state index in [9.17, 15) is 4.79 Å². The molecule has 0 amide bonds. The number of aryl methyl sites for hydroxylation is 1. The monoisotopic (exact) mass is 200 g/mol. The zero-order valence-electron chi connectivity index (χ0n) is 6.98. The highest BCUT2D eigenvalue weighted by atomic mass is 32.2. The van der Waals surface area contributed by atoms with E-state index in [1.54, 1.807) is 6.92 Å². The summed E-state index contributed by atoms with van der Waals surface area (Å²) < 4.78 is 5.02. The quantitative estimate of drug-likeness (QED) is 0.579. The standard InChI is InChI=1S/C7H8N2O3S/c1-4(6(10)11)3-13-7-9-8-5(2)12-7/h1,3H2,2H3,(H,10,11). The topological polar surface area (TPSA) is 76.2 Å². The molecule has 0 aromatic carbocycles. The van der Waals surface area contributed by atoms with Crippen molar-refractivity contribution in [1.82, 2.24) is 10.2 Å². The van der Waals surface area contributed by atoms with Crippen LogP contribution in [-0.2, 0) is 4.79 Å². The lowest BCUT2D eigenvalue weighted by molar-refractivity contribution is -0.132. The fraction of sp³-hybridized carbons (Fsp3) is 0.286. The maximum absolute atomic E-state index is 10.3. The van der Waals surface area contributed by atoms with Crippen molar-refractivity contribution in [3.63, 3.8) is 0 Å². The SMILES string of the molecule is C=C(CSc1nnc(C)o1)C(=O)O. The number of hydrogen-bond donors (Lipinski definition) is 1. The molecule has 0 spiro atoms. The van der Waals surface area contributed by atoms with E-state index < -0.39 is 5.97 Å². The van der Waals surface area contributed by atoms with Gasteiger partial charge in [0.1, 0.15) is 0 Å².